The Hall–Kier alpha value is -2.51. The lowest BCUT2D eigenvalue weighted by Gasteiger charge is -2.48. The van der Waals surface area contributed by atoms with Crippen molar-refractivity contribution in [3.8, 4) is 0 Å². The molecule has 0 radical (unpaired) electrons. The number of hydrogen-bond donors (Lipinski definition) is 2. The number of carbonyl (C=O) groups excluding carboxylic acids is 1. The summed E-state index contributed by atoms with van der Waals surface area (Å²) in [6.07, 6.45) is 1.02. The summed E-state index contributed by atoms with van der Waals surface area (Å²) in [7, 11) is -2.86. The van der Waals surface area contributed by atoms with Crippen LogP contribution in [0, 0.1) is 0 Å². The molecule has 202 valence electrons. The van der Waals surface area contributed by atoms with Crippen LogP contribution in [0.3, 0.4) is 0 Å². The second kappa shape index (κ2) is 10.3. The fourth-order valence-corrected chi connectivity index (χ4v) is 6.83. The van der Waals surface area contributed by atoms with Gasteiger partial charge in [0.1, 0.15) is 12.1 Å². The first-order chi connectivity index (χ1) is 17.6. The maximum absolute atomic E-state index is 13.1. The van der Waals surface area contributed by atoms with Crippen molar-refractivity contribution < 1.29 is 26.4 Å². The number of alkyl halides is 3. The van der Waals surface area contributed by atoms with Gasteiger partial charge in [-0.2, -0.15) is 13.2 Å². The molecule has 3 fully saturated rings. The van der Waals surface area contributed by atoms with Gasteiger partial charge in [-0.25, -0.2) is 18.4 Å². The van der Waals surface area contributed by atoms with Crippen molar-refractivity contribution in [2.45, 2.75) is 50.0 Å². The average Bonchev–Trinajstić information content (AvgIpc) is 2.84. The Morgan fingerprint density at radius 1 is 1.00 bits per heavy atom. The Morgan fingerprint density at radius 3 is 2.30 bits per heavy atom. The van der Waals surface area contributed by atoms with Gasteiger partial charge in [-0.1, -0.05) is 0 Å². The van der Waals surface area contributed by atoms with Gasteiger partial charge >= 0.3 is 6.18 Å². The van der Waals surface area contributed by atoms with Gasteiger partial charge in [0.05, 0.1) is 35.2 Å². The molecule has 5 rings (SSSR count). The van der Waals surface area contributed by atoms with E-state index in [1.54, 1.807) is 0 Å². The van der Waals surface area contributed by atoms with Crippen LogP contribution in [0.5, 0.6) is 0 Å². The van der Waals surface area contributed by atoms with Crippen LogP contribution in [0.15, 0.2) is 24.5 Å². The van der Waals surface area contributed by atoms with Crippen molar-refractivity contribution in [3.05, 3.63) is 30.1 Å². The minimum atomic E-state index is -4.48. The lowest BCUT2D eigenvalue weighted by Crippen LogP contribution is -2.63. The Labute approximate surface area is 213 Å². The summed E-state index contributed by atoms with van der Waals surface area (Å²) in [5.74, 6) is 0.464. The number of nitrogens with one attached hydrogen (secondary N) is 2. The monoisotopic (exact) mass is 540 g/mol. The smallest absolute Gasteiger partial charge is 0.360 e. The van der Waals surface area contributed by atoms with E-state index in [0.717, 1.165) is 50.9 Å². The fraction of sp³-hybridized carbons (Fsp3) is 0.625. The van der Waals surface area contributed by atoms with Crippen LogP contribution in [0.2, 0.25) is 0 Å². The minimum Gasteiger partial charge on any atom is -0.360 e. The summed E-state index contributed by atoms with van der Waals surface area (Å²) in [6.45, 7) is 2.72. The molecule has 0 atom stereocenters. The standard InChI is InChI=1S/C24H31F3N6O3S/c25-24(26,27)16-1-6-21-20(11-16)23(30-15-29-21)28-12-22(34)31-17-13-33(14-17)19-4-2-18(3-5-19)32-7-9-37(35,36)10-8-32/h1,6,11,15,17-19H,2-5,7-10,12-14H2,(H,31,34)(H,28,29,30). The van der Waals surface area contributed by atoms with Crippen LogP contribution in [-0.2, 0) is 20.8 Å². The van der Waals surface area contributed by atoms with Gasteiger partial charge in [-0.05, 0) is 43.9 Å². The van der Waals surface area contributed by atoms with E-state index in [1.807, 2.05) is 0 Å². The number of nitrogens with zero attached hydrogens (tertiary/aromatic N) is 4. The van der Waals surface area contributed by atoms with E-state index in [9.17, 15) is 26.4 Å². The summed E-state index contributed by atoms with van der Waals surface area (Å²) in [6, 6.07) is 4.23. The number of benzene rings is 1. The third-order valence-corrected chi connectivity index (χ3v) is 9.34. The van der Waals surface area contributed by atoms with E-state index in [2.05, 4.69) is 30.4 Å². The van der Waals surface area contributed by atoms with Crippen molar-refractivity contribution in [1.29, 1.82) is 0 Å². The normalized spacial score (nSPS) is 25.5. The maximum atomic E-state index is 13.1. The molecule has 3 heterocycles. The molecule has 2 saturated heterocycles. The lowest BCUT2D eigenvalue weighted by atomic mass is 9.87. The van der Waals surface area contributed by atoms with Gasteiger partial charge in [0.25, 0.3) is 0 Å². The van der Waals surface area contributed by atoms with Crippen molar-refractivity contribution in [2.24, 2.45) is 0 Å². The predicted molar refractivity (Wildman–Crippen MR) is 133 cm³/mol. The largest absolute Gasteiger partial charge is 0.416 e. The van der Waals surface area contributed by atoms with Crippen molar-refractivity contribution in [1.82, 2.24) is 25.1 Å². The molecule has 2 N–H and O–H groups in total. The van der Waals surface area contributed by atoms with Gasteiger partial charge in [0.15, 0.2) is 9.84 Å². The molecule has 0 bridgehead atoms. The topological polar surface area (TPSA) is 108 Å². The molecule has 2 aromatic rings. The average molecular weight is 541 g/mol. The number of anilines is 1. The molecule has 37 heavy (non-hydrogen) atoms. The Bertz CT molecular complexity index is 1230. The fourth-order valence-electron chi connectivity index (χ4n) is 5.60. The number of sulfone groups is 1. The molecule has 1 aromatic carbocycles. The zero-order chi connectivity index (χ0) is 26.2. The highest BCUT2D eigenvalue weighted by atomic mass is 32.2. The molecule has 0 unspecified atom stereocenters. The van der Waals surface area contributed by atoms with Crippen LogP contribution >= 0.6 is 0 Å². The summed E-state index contributed by atoms with van der Waals surface area (Å²) in [5.41, 5.74) is -0.435. The van der Waals surface area contributed by atoms with Crippen LogP contribution < -0.4 is 10.6 Å². The van der Waals surface area contributed by atoms with Crippen molar-refractivity contribution >= 4 is 32.5 Å². The van der Waals surface area contributed by atoms with Crippen molar-refractivity contribution in [2.75, 3.05) is 49.5 Å². The van der Waals surface area contributed by atoms with Gasteiger partial charge < -0.3 is 10.6 Å². The summed E-state index contributed by atoms with van der Waals surface area (Å²) in [5, 5.41) is 6.03. The summed E-state index contributed by atoms with van der Waals surface area (Å²) >= 11 is 0. The predicted octanol–water partition coefficient (Wildman–Crippen LogP) is 1.90. The first-order valence-electron chi connectivity index (χ1n) is 12.6. The van der Waals surface area contributed by atoms with Crippen LogP contribution in [0.25, 0.3) is 10.9 Å². The Kier molecular flexibility index (Phi) is 7.29. The molecule has 1 aliphatic carbocycles. The first-order valence-corrected chi connectivity index (χ1v) is 14.4. The SMILES string of the molecule is O=C(CNc1ncnc2ccc(C(F)(F)F)cc12)NC1CN(C2CCC(N3CCS(=O)(=O)CC3)CC2)C1. The lowest BCUT2D eigenvalue weighted by molar-refractivity contribution is -0.137. The summed E-state index contributed by atoms with van der Waals surface area (Å²) < 4.78 is 62.6. The molecular weight excluding hydrogens is 509 g/mol. The van der Waals surface area contributed by atoms with Crippen molar-refractivity contribution in [3.63, 3.8) is 0 Å². The number of carbonyl (C=O) groups is 1. The molecule has 1 saturated carbocycles. The molecule has 2 aliphatic heterocycles. The van der Waals surface area contributed by atoms with E-state index in [1.165, 1.54) is 12.4 Å². The van der Waals surface area contributed by atoms with Crippen LogP contribution in [-0.4, -0.2) is 96.4 Å². The summed E-state index contributed by atoms with van der Waals surface area (Å²) in [4.78, 5) is 25.2. The number of fused-ring (bicyclic) bond motifs is 1. The highest BCUT2D eigenvalue weighted by Gasteiger charge is 2.37. The number of aromatic nitrogens is 2. The zero-order valence-electron chi connectivity index (χ0n) is 20.4. The second-order valence-corrected chi connectivity index (χ2v) is 12.5. The number of halogens is 3. The third kappa shape index (κ3) is 6.15. The molecule has 9 nitrogen and oxygen atoms in total. The van der Waals surface area contributed by atoms with E-state index < -0.39 is 21.6 Å². The quantitative estimate of drug-likeness (QED) is 0.572. The van der Waals surface area contributed by atoms with Gasteiger partial charge in [-0.3, -0.25) is 14.6 Å². The molecular formula is C24H31F3N6O3S. The molecule has 3 aliphatic rings. The molecule has 13 heteroatoms. The molecule has 0 spiro atoms. The third-order valence-electron chi connectivity index (χ3n) is 7.73. The maximum Gasteiger partial charge on any atom is 0.416 e. The number of rotatable bonds is 6. The number of amides is 1. The Morgan fingerprint density at radius 2 is 1.65 bits per heavy atom. The van der Waals surface area contributed by atoms with E-state index in [-0.39, 0.29) is 41.2 Å². The second-order valence-electron chi connectivity index (χ2n) is 10.2. The van der Waals surface area contributed by atoms with Gasteiger partial charge in [0.2, 0.25) is 5.91 Å². The number of hydrogen-bond acceptors (Lipinski definition) is 8. The number of likely N-dealkylation sites (tertiary alicyclic amines) is 1. The van der Waals surface area contributed by atoms with E-state index >= 15 is 0 Å². The van der Waals surface area contributed by atoms with Crippen LogP contribution in [0.1, 0.15) is 31.2 Å². The van der Waals surface area contributed by atoms with Gasteiger partial charge in [-0.15, -0.1) is 0 Å². The zero-order valence-corrected chi connectivity index (χ0v) is 21.2. The minimum absolute atomic E-state index is 0.0401. The van der Waals surface area contributed by atoms with Crippen LogP contribution in [0.4, 0.5) is 19.0 Å². The Balaban J connectivity index is 1.05. The molecule has 1 aromatic heterocycles. The van der Waals surface area contributed by atoms with Gasteiger partial charge in [0, 0.05) is 43.6 Å². The highest BCUT2D eigenvalue weighted by Crippen LogP contribution is 2.33. The molecule has 1 amide bonds. The van der Waals surface area contributed by atoms with E-state index in [4.69, 9.17) is 0 Å². The van der Waals surface area contributed by atoms with E-state index in [0.29, 0.717) is 30.7 Å². The highest BCUT2D eigenvalue weighted by molar-refractivity contribution is 7.91. The first kappa shape index (κ1) is 26.1.